The zero-order valence-corrected chi connectivity index (χ0v) is 12.5. The summed E-state index contributed by atoms with van der Waals surface area (Å²) in [6.45, 7) is 7.57. The summed E-state index contributed by atoms with van der Waals surface area (Å²) in [6.07, 6.45) is 6.43. The van der Waals surface area contributed by atoms with Gasteiger partial charge in [-0.05, 0) is 11.8 Å². The summed E-state index contributed by atoms with van der Waals surface area (Å²) in [4.78, 5) is 8.10. The molecule has 3 N–H and O–H groups in total. The van der Waals surface area contributed by atoms with Gasteiger partial charge in [0.15, 0.2) is 11.6 Å². The molecule has 108 valence electrons. The van der Waals surface area contributed by atoms with Crippen LogP contribution in [-0.2, 0) is 0 Å². The van der Waals surface area contributed by atoms with Crippen LogP contribution in [-0.4, -0.2) is 23.6 Å². The number of nitrogen functional groups attached to an aromatic ring is 1. The van der Waals surface area contributed by atoms with Gasteiger partial charge in [-0.2, -0.15) is 0 Å². The Morgan fingerprint density at radius 3 is 2.68 bits per heavy atom. The van der Waals surface area contributed by atoms with Crippen LogP contribution in [0.25, 0.3) is 0 Å². The van der Waals surface area contributed by atoms with Gasteiger partial charge in [-0.15, -0.1) is 0 Å². The molecule has 1 rings (SSSR count). The summed E-state index contributed by atoms with van der Waals surface area (Å²) in [5, 5.41) is 3.32. The molecule has 1 aromatic rings. The fourth-order valence-corrected chi connectivity index (χ4v) is 1.98. The molecule has 1 aromatic heterocycles. The number of nitrogens with two attached hydrogens (primary N) is 1. The molecule has 0 spiro atoms. The van der Waals surface area contributed by atoms with E-state index in [1.807, 2.05) is 0 Å². The minimum absolute atomic E-state index is 0.222. The number of aromatic nitrogens is 2. The maximum absolute atomic E-state index is 5.75. The Hall–Kier alpha value is -1.52. The first kappa shape index (κ1) is 15.5. The SMILES string of the molecule is CCCCCC(C)(C)CNc1ncnc(N)c1OC. The number of unbranched alkanes of at least 4 members (excludes halogenated alkanes) is 2. The molecular weight excluding hydrogens is 240 g/mol. The number of hydrogen-bond acceptors (Lipinski definition) is 5. The van der Waals surface area contributed by atoms with Gasteiger partial charge in [0.25, 0.3) is 0 Å². The van der Waals surface area contributed by atoms with Crippen molar-refractivity contribution >= 4 is 11.6 Å². The highest BCUT2D eigenvalue weighted by Crippen LogP contribution is 2.29. The van der Waals surface area contributed by atoms with Crippen LogP contribution >= 0.6 is 0 Å². The van der Waals surface area contributed by atoms with Gasteiger partial charge in [0.1, 0.15) is 6.33 Å². The average molecular weight is 266 g/mol. The number of nitrogens with one attached hydrogen (secondary N) is 1. The van der Waals surface area contributed by atoms with Crippen LogP contribution in [0, 0.1) is 5.41 Å². The number of nitrogens with zero attached hydrogens (tertiary/aromatic N) is 2. The first-order valence-corrected chi connectivity index (χ1v) is 6.88. The van der Waals surface area contributed by atoms with Crippen molar-refractivity contribution in [1.82, 2.24) is 9.97 Å². The monoisotopic (exact) mass is 266 g/mol. The molecular formula is C14H26N4O. The molecule has 0 aliphatic heterocycles. The van der Waals surface area contributed by atoms with Gasteiger partial charge >= 0.3 is 0 Å². The molecule has 0 unspecified atom stereocenters. The molecule has 0 atom stereocenters. The summed E-state index contributed by atoms with van der Waals surface area (Å²) in [5.74, 6) is 1.55. The Morgan fingerprint density at radius 2 is 2.05 bits per heavy atom. The molecule has 0 aliphatic carbocycles. The van der Waals surface area contributed by atoms with Crippen LogP contribution in [0.1, 0.15) is 46.5 Å². The first-order chi connectivity index (χ1) is 9.00. The van der Waals surface area contributed by atoms with Gasteiger partial charge in [0, 0.05) is 6.54 Å². The van der Waals surface area contributed by atoms with E-state index in [4.69, 9.17) is 10.5 Å². The Morgan fingerprint density at radius 1 is 1.32 bits per heavy atom. The van der Waals surface area contributed by atoms with Gasteiger partial charge in [-0.25, -0.2) is 9.97 Å². The maximum atomic E-state index is 5.75. The zero-order chi connectivity index (χ0) is 14.3. The third-order valence-electron chi connectivity index (χ3n) is 3.23. The van der Waals surface area contributed by atoms with E-state index >= 15 is 0 Å². The van der Waals surface area contributed by atoms with Crippen LogP contribution in [0.2, 0.25) is 0 Å². The first-order valence-electron chi connectivity index (χ1n) is 6.88. The molecule has 0 aliphatic rings. The van der Waals surface area contributed by atoms with Crippen molar-refractivity contribution in [1.29, 1.82) is 0 Å². The topological polar surface area (TPSA) is 73.1 Å². The van der Waals surface area contributed by atoms with Crippen molar-refractivity contribution in [2.75, 3.05) is 24.7 Å². The van der Waals surface area contributed by atoms with Crippen molar-refractivity contribution in [2.24, 2.45) is 5.41 Å². The zero-order valence-electron chi connectivity index (χ0n) is 12.5. The smallest absolute Gasteiger partial charge is 0.203 e. The van der Waals surface area contributed by atoms with E-state index in [0.717, 1.165) is 6.54 Å². The third kappa shape index (κ3) is 4.93. The minimum Gasteiger partial charge on any atom is -0.490 e. The molecule has 5 nitrogen and oxygen atoms in total. The molecule has 1 heterocycles. The summed E-state index contributed by atoms with van der Waals surface area (Å²) >= 11 is 0. The predicted molar refractivity (Wildman–Crippen MR) is 79.4 cm³/mol. The quantitative estimate of drug-likeness (QED) is 0.707. The van der Waals surface area contributed by atoms with Crippen molar-refractivity contribution in [3.05, 3.63) is 6.33 Å². The number of methoxy groups -OCH3 is 1. The third-order valence-corrected chi connectivity index (χ3v) is 3.23. The predicted octanol–water partition coefficient (Wildman–Crippen LogP) is 3.09. The van der Waals surface area contributed by atoms with Crippen LogP contribution in [0.3, 0.4) is 0 Å². The van der Waals surface area contributed by atoms with Crippen molar-refractivity contribution in [3.63, 3.8) is 0 Å². The summed E-state index contributed by atoms with van der Waals surface area (Å²) < 4.78 is 5.23. The minimum atomic E-state index is 0.222. The lowest BCUT2D eigenvalue weighted by Gasteiger charge is -2.25. The summed E-state index contributed by atoms with van der Waals surface area (Å²) in [7, 11) is 1.58. The lowest BCUT2D eigenvalue weighted by Crippen LogP contribution is -2.24. The summed E-state index contributed by atoms with van der Waals surface area (Å²) in [6, 6.07) is 0. The fraction of sp³-hybridized carbons (Fsp3) is 0.714. The molecule has 0 saturated heterocycles. The second kappa shape index (κ2) is 7.16. The Labute approximate surface area is 116 Å². The number of anilines is 2. The second-order valence-corrected chi connectivity index (χ2v) is 5.62. The van der Waals surface area contributed by atoms with Crippen molar-refractivity contribution in [3.8, 4) is 5.75 Å². The van der Waals surface area contributed by atoms with Crippen LogP contribution in [0.4, 0.5) is 11.6 Å². The normalized spacial score (nSPS) is 11.4. The maximum Gasteiger partial charge on any atom is 0.203 e. The molecule has 5 heteroatoms. The average Bonchev–Trinajstić information content (AvgIpc) is 2.37. The second-order valence-electron chi connectivity index (χ2n) is 5.62. The van der Waals surface area contributed by atoms with E-state index in [-0.39, 0.29) is 5.41 Å². The van der Waals surface area contributed by atoms with Gasteiger partial charge in [-0.1, -0.05) is 40.0 Å². The number of ether oxygens (including phenoxy) is 1. The van der Waals surface area contributed by atoms with E-state index in [1.165, 1.54) is 32.0 Å². The van der Waals surface area contributed by atoms with Crippen LogP contribution in [0.15, 0.2) is 6.33 Å². The molecule has 0 bridgehead atoms. The molecule has 0 aromatic carbocycles. The van der Waals surface area contributed by atoms with Crippen LogP contribution < -0.4 is 15.8 Å². The fourth-order valence-electron chi connectivity index (χ4n) is 1.98. The number of rotatable bonds is 8. The molecule has 0 radical (unpaired) electrons. The lowest BCUT2D eigenvalue weighted by atomic mass is 9.87. The Bertz CT molecular complexity index is 393. The highest BCUT2D eigenvalue weighted by atomic mass is 16.5. The van der Waals surface area contributed by atoms with Gasteiger partial charge in [0.05, 0.1) is 7.11 Å². The van der Waals surface area contributed by atoms with E-state index in [2.05, 4.69) is 36.1 Å². The highest BCUT2D eigenvalue weighted by Gasteiger charge is 2.19. The standard InChI is InChI=1S/C14H26N4O/c1-5-6-7-8-14(2,3)9-16-13-11(19-4)12(15)17-10-18-13/h10H,5-9H2,1-4H3,(H3,15,16,17,18). The van der Waals surface area contributed by atoms with Crippen molar-refractivity contribution < 1.29 is 4.74 Å². The number of hydrogen-bond donors (Lipinski definition) is 2. The van der Waals surface area contributed by atoms with E-state index in [1.54, 1.807) is 7.11 Å². The largest absolute Gasteiger partial charge is 0.490 e. The van der Waals surface area contributed by atoms with Crippen LogP contribution in [0.5, 0.6) is 5.75 Å². The van der Waals surface area contributed by atoms with E-state index in [9.17, 15) is 0 Å². The van der Waals surface area contributed by atoms with E-state index < -0.39 is 0 Å². The molecule has 0 fully saturated rings. The van der Waals surface area contributed by atoms with Gasteiger partial charge < -0.3 is 15.8 Å². The molecule has 0 amide bonds. The van der Waals surface area contributed by atoms with Gasteiger partial charge in [-0.3, -0.25) is 0 Å². The van der Waals surface area contributed by atoms with Gasteiger partial charge in [0.2, 0.25) is 5.75 Å². The highest BCUT2D eigenvalue weighted by molar-refractivity contribution is 5.61. The molecule has 0 saturated carbocycles. The Kier molecular flexibility index (Phi) is 5.86. The lowest BCUT2D eigenvalue weighted by molar-refractivity contribution is 0.341. The Balaban J connectivity index is 2.58. The summed E-state index contributed by atoms with van der Waals surface area (Å²) in [5.41, 5.74) is 5.98. The van der Waals surface area contributed by atoms with Crippen molar-refractivity contribution in [2.45, 2.75) is 46.5 Å². The van der Waals surface area contributed by atoms with E-state index in [0.29, 0.717) is 17.4 Å². The molecule has 19 heavy (non-hydrogen) atoms.